The first-order valence-electron chi connectivity index (χ1n) is 10.8. The number of alkyl halides is 3. The molecule has 3 aromatic rings. The molecule has 3 heterocycles. The first-order chi connectivity index (χ1) is 17.5. The minimum atomic E-state index is -4.69. The lowest BCUT2D eigenvalue weighted by atomic mass is 10.2. The highest BCUT2D eigenvalue weighted by atomic mass is 19.4. The van der Waals surface area contributed by atoms with Gasteiger partial charge in [-0.05, 0) is 18.2 Å². The first kappa shape index (κ1) is 25.7. The van der Waals surface area contributed by atoms with Crippen molar-refractivity contribution >= 4 is 23.5 Å². The third kappa shape index (κ3) is 5.90. The molecule has 0 spiro atoms. The van der Waals surface area contributed by atoms with E-state index in [1.54, 1.807) is 0 Å². The Kier molecular flexibility index (Phi) is 7.18. The molecule has 1 aliphatic heterocycles. The highest BCUT2D eigenvalue weighted by Crippen LogP contribution is 2.32. The van der Waals surface area contributed by atoms with Crippen molar-refractivity contribution < 1.29 is 36.3 Å². The number of cyclic esters (lactones) is 1. The normalized spacial score (nSPS) is 13.5. The molecule has 1 aromatic carbocycles. The molecular formula is C23H19F5N6O3. The summed E-state index contributed by atoms with van der Waals surface area (Å²) in [5.41, 5.74) is -1.54. The molecule has 0 bridgehead atoms. The summed E-state index contributed by atoms with van der Waals surface area (Å²) < 4.78 is 72.3. The summed E-state index contributed by atoms with van der Waals surface area (Å²) in [6.45, 7) is 0.805. The summed E-state index contributed by atoms with van der Waals surface area (Å²) in [5.74, 6) is -2.78. The summed E-state index contributed by atoms with van der Waals surface area (Å²) in [5, 5.41) is 2.57. The molecule has 0 unspecified atom stereocenters. The maximum Gasteiger partial charge on any atom is 0.417 e. The summed E-state index contributed by atoms with van der Waals surface area (Å²) in [7, 11) is 1.38. The lowest BCUT2D eigenvalue weighted by molar-refractivity contribution is -0.137. The van der Waals surface area contributed by atoms with Crippen LogP contribution < -0.4 is 10.2 Å². The summed E-state index contributed by atoms with van der Waals surface area (Å²) >= 11 is 0. The van der Waals surface area contributed by atoms with Gasteiger partial charge in [0.15, 0.2) is 5.82 Å². The van der Waals surface area contributed by atoms with E-state index in [1.807, 2.05) is 0 Å². The molecule has 37 heavy (non-hydrogen) atoms. The molecule has 0 saturated carbocycles. The molecule has 1 N–H and O–H groups in total. The quantitative estimate of drug-likeness (QED) is 0.472. The van der Waals surface area contributed by atoms with Gasteiger partial charge in [-0.25, -0.2) is 23.5 Å². The zero-order chi connectivity index (χ0) is 26.7. The van der Waals surface area contributed by atoms with Crippen LogP contribution in [0.1, 0.15) is 16.1 Å². The smallest absolute Gasteiger partial charge is 0.417 e. The Morgan fingerprint density at radius 1 is 1.16 bits per heavy atom. The molecule has 1 aliphatic rings. The predicted octanol–water partition coefficient (Wildman–Crippen LogP) is 3.79. The van der Waals surface area contributed by atoms with Crippen molar-refractivity contribution in [2.45, 2.75) is 6.18 Å². The molecule has 14 heteroatoms. The fourth-order valence-corrected chi connectivity index (χ4v) is 3.47. The van der Waals surface area contributed by atoms with Crippen LogP contribution in [0.3, 0.4) is 0 Å². The summed E-state index contributed by atoms with van der Waals surface area (Å²) in [6.07, 6.45) is -3.48. The number of carbonyl (C=O) groups excluding carboxylic acids is 2. The fourth-order valence-electron chi connectivity index (χ4n) is 3.47. The summed E-state index contributed by atoms with van der Waals surface area (Å²) in [4.78, 5) is 38.9. The van der Waals surface area contributed by atoms with Crippen molar-refractivity contribution in [1.82, 2.24) is 25.2 Å². The number of hydrogen-bond donors (Lipinski definition) is 1. The lowest BCUT2D eigenvalue weighted by Gasteiger charge is -2.20. The lowest BCUT2D eigenvalue weighted by Crippen LogP contribution is -2.35. The molecule has 1 fully saturated rings. The van der Waals surface area contributed by atoms with Gasteiger partial charge >= 0.3 is 12.3 Å². The number of ether oxygens (including phenoxy) is 1. The van der Waals surface area contributed by atoms with E-state index in [2.05, 4.69) is 20.3 Å². The van der Waals surface area contributed by atoms with E-state index in [4.69, 9.17) is 4.74 Å². The van der Waals surface area contributed by atoms with E-state index in [0.29, 0.717) is 18.8 Å². The minimum Gasteiger partial charge on any atom is -0.448 e. The molecule has 194 valence electrons. The number of aromatic nitrogens is 3. The van der Waals surface area contributed by atoms with E-state index < -0.39 is 35.4 Å². The SMILES string of the molecule is CN(c1cc(C(=O)NCCN2CCOC2=O)nc(-c2cncc(C(F)(F)F)c2)n1)c1ccc(F)cc1F. The van der Waals surface area contributed by atoms with Crippen LogP contribution in [0.25, 0.3) is 11.4 Å². The van der Waals surface area contributed by atoms with Crippen LogP contribution in [-0.2, 0) is 10.9 Å². The second-order valence-corrected chi connectivity index (χ2v) is 7.91. The zero-order valence-electron chi connectivity index (χ0n) is 19.2. The number of nitrogens with one attached hydrogen (secondary N) is 1. The predicted molar refractivity (Wildman–Crippen MR) is 120 cm³/mol. The molecular weight excluding hydrogens is 503 g/mol. The number of nitrogens with zero attached hydrogens (tertiary/aromatic N) is 5. The van der Waals surface area contributed by atoms with Crippen LogP contribution in [0.2, 0.25) is 0 Å². The van der Waals surface area contributed by atoms with Gasteiger partial charge < -0.3 is 19.9 Å². The van der Waals surface area contributed by atoms with E-state index in [1.165, 1.54) is 22.9 Å². The maximum absolute atomic E-state index is 14.4. The van der Waals surface area contributed by atoms with Crippen LogP contribution in [0.5, 0.6) is 0 Å². The number of benzene rings is 1. The third-order valence-electron chi connectivity index (χ3n) is 5.40. The number of hydrogen-bond acceptors (Lipinski definition) is 7. The first-order valence-corrected chi connectivity index (χ1v) is 10.8. The number of anilines is 2. The Bertz CT molecular complexity index is 1340. The van der Waals surface area contributed by atoms with Crippen LogP contribution in [0.4, 0.5) is 38.3 Å². The van der Waals surface area contributed by atoms with Gasteiger partial charge in [0.2, 0.25) is 0 Å². The van der Waals surface area contributed by atoms with Crippen molar-refractivity contribution in [3.05, 3.63) is 65.6 Å². The van der Waals surface area contributed by atoms with Crippen molar-refractivity contribution in [3.8, 4) is 11.4 Å². The van der Waals surface area contributed by atoms with E-state index in [9.17, 15) is 31.5 Å². The summed E-state index contributed by atoms with van der Waals surface area (Å²) in [6, 6.07) is 4.79. The van der Waals surface area contributed by atoms with Crippen LogP contribution in [0, 0.1) is 11.6 Å². The molecule has 1 saturated heterocycles. The second kappa shape index (κ2) is 10.3. The monoisotopic (exact) mass is 522 g/mol. The average Bonchev–Trinajstić information content (AvgIpc) is 3.27. The van der Waals surface area contributed by atoms with Gasteiger partial charge in [-0.2, -0.15) is 13.2 Å². The average molecular weight is 522 g/mol. The van der Waals surface area contributed by atoms with Gasteiger partial charge in [0.05, 0.1) is 17.8 Å². The van der Waals surface area contributed by atoms with Gasteiger partial charge in [-0.1, -0.05) is 0 Å². The second-order valence-electron chi connectivity index (χ2n) is 7.91. The van der Waals surface area contributed by atoms with E-state index in [0.717, 1.165) is 24.4 Å². The number of halogens is 5. The highest BCUT2D eigenvalue weighted by Gasteiger charge is 2.31. The van der Waals surface area contributed by atoms with Gasteiger partial charge in [0, 0.05) is 50.2 Å². The molecule has 4 rings (SSSR count). The molecule has 9 nitrogen and oxygen atoms in total. The number of rotatable bonds is 7. The minimum absolute atomic E-state index is 0.0378. The van der Waals surface area contributed by atoms with Crippen LogP contribution >= 0.6 is 0 Å². The molecule has 2 amide bonds. The van der Waals surface area contributed by atoms with Gasteiger partial charge in [-0.15, -0.1) is 0 Å². The zero-order valence-corrected chi connectivity index (χ0v) is 19.2. The molecule has 0 atom stereocenters. The van der Waals surface area contributed by atoms with Crippen molar-refractivity contribution in [1.29, 1.82) is 0 Å². The van der Waals surface area contributed by atoms with E-state index >= 15 is 0 Å². The Morgan fingerprint density at radius 2 is 1.95 bits per heavy atom. The van der Waals surface area contributed by atoms with Crippen LogP contribution in [-0.4, -0.2) is 65.1 Å². The Morgan fingerprint density at radius 3 is 2.62 bits per heavy atom. The maximum atomic E-state index is 14.4. The van der Waals surface area contributed by atoms with Crippen LogP contribution in [0.15, 0.2) is 42.7 Å². The van der Waals surface area contributed by atoms with Gasteiger partial charge in [0.25, 0.3) is 5.91 Å². The standard InChI is InChI=1S/C23H19F5N6O3/c1-33(18-3-2-15(24)9-16(18)25)19-10-17(21(35)30-4-5-34-6-7-37-22(34)36)31-20(32-19)13-8-14(12-29-11-13)23(26,27)28/h2-3,8-12H,4-7H2,1H3,(H,30,35). The van der Waals surface area contributed by atoms with E-state index in [-0.39, 0.29) is 48.3 Å². The Labute approximate surface area is 206 Å². The van der Waals surface area contributed by atoms with Gasteiger partial charge in [-0.3, -0.25) is 9.78 Å². The topological polar surface area (TPSA) is 101 Å². The number of carbonyl (C=O) groups is 2. The number of pyridine rings is 1. The van der Waals surface area contributed by atoms with Crippen molar-refractivity contribution in [2.24, 2.45) is 0 Å². The molecule has 0 aliphatic carbocycles. The van der Waals surface area contributed by atoms with Crippen molar-refractivity contribution in [2.75, 3.05) is 38.2 Å². The Hall–Kier alpha value is -4.36. The molecule has 0 radical (unpaired) electrons. The number of amides is 2. The Balaban J connectivity index is 1.68. The molecule has 2 aromatic heterocycles. The van der Waals surface area contributed by atoms with Gasteiger partial charge in [0.1, 0.15) is 29.8 Å². The highest BCUT2D eigenvalue weighted by molar-refractivity contribution is 5.93. The van der Waals surface area contributed by atoms with Crippen molar-refractivity contribution in [3.63, 3.8) is 0 Å². The largest absolute Gasteiger partial charge is 0.448 e. The third-order valence-corrected chi connectivity index (χ3v) is 5.40. The fraction of sp³-hybridized carbons (Fsp3) is 0.261.